The van der Waals surface area contributed by atoms with Crippen LogP contribution in [0.3, 0.4) is 0 Å². The second-order valence-electron chi connectivity index (χ2n) is 6.19. The third kappa shape index (κ3) is 1.33. The van der Waals surface area contributed by atoms with Gasteiger partial charge in [-0.1, -0.05) is 6.42 Å². The number of hydrogen-bond acceptors (Lipinski definition) is 2. The minimum Gasteiger partial charge on any atom is -0.481 e. The largest absolute Gasteiger partial charge is 0.481 e. The van der Waals surface area contributed by atoms with Crippen molar-refractivity contribution >= 4 is 5.97 Å². The van der Waals surface area contributed by atoms with E-state index in [-0.39, 0.29) is 5.41 Å². The number of carboxylic acids is 1. The lowest BCUT2D eigenvalue weighted by atomic mass is 9.41. The molecule has 0 aromatic rings. The van der Waals surface area contributed by atoms with Crippen molar-refractivity contribution < 1.29 is 9.90 Å². The lowest BCUT2D eigenvalue weighted by molar-refractivity contribution is -0.187. The molecule has 0 aromatic carbocycles. The Morgan fingerprint density at radius 1 is 1.19 bits per heavy atom. The summed E-state index contributed by atoms with van der Waals surface area (Å²) in [5.41, 5.74) is 0.117. The molecule has 0 radical (unpaired) electrons. The Hall–Kier alpha value is -0.570. The zero-order valence-electron chi connectivity index (χ0n) is 9.80. The Balaban J connectivity index is 1.74. The SMILES string of the molecule is O=C(O)C1(C2CCNCC2)CC2(CCC2)C1. The summed E-state index contributed by atoms with van der Waals surface area (Å²) >= 11 is 0. The Bertz CT molecular complexity index is 295. The number of carboxylic acid groups (broad SMARTS) is 1. The van der Waals surface area contributed by atoms with Gasteiger partial charge in [-0.05, 0) is 62.9 Å². The molecular formula is C13H21NO2. The fraction of sp³-hybridized carbons (Fsp3) is 0.923. The molecule has 0 aromatic heterocycles. The maximum Gasteiger partial charge on any atom is 0.309 e. The maximum absolute atomic E-state index is 11.6. The quantitative estimate of drug-likeness (QED) is 0.753. The molecule has 3 heteroatoms. The zero-order valence-corrected chi connectivity index (χ0v) is 9.80. The van der Waals surface area contributed by atoms with Crippen LogP contribution in [0.15, 0.2) is 0 Å². The number of hydrogen-bond donors (Lipinski definition) is 2. The lowest BCUT2D eigenvalue weighted by Gasteiger charge is -2.62. The Labute approximate surface area is 96.6 Å². The van der Waals surface area contributed by atoms with Gasteiger partial charge in [0.25, 0.3) is 0 Å². The van der Waals surface area contributed by atoms with Crippen molar-refractivity contribution in [3.8, 4) is 0 Å². The number of rotatable bonds is 2. The van der Waals surface area contributed by atoms with Crippen LogP contribution in [0, 0.1) is 16.7 Å². The van der Waals surface area contributed by atoms with E-state index in [1.807, 2.05) is 0 Å². The van der Waals surface area contributed by atoms with Crippen LogP contribution in [-0.4, -0.2) is 24.2 Å². The van der Waals surface area contributed by atoms with E-state index in [4.69, 9.17) is 0 Å². The monoisotopic (exact) mass is 223 g/mol. The second-order valence-corrected chi connectivity index (χ2v) is 6.19. The molecule has 1 saturated heterocycles. The molecule has 2 saturated carbocycles. The first-order valence-corrected chi connectivity index (χ1v) is 6.61. The lowest BCUT2D eigenvalue weighted by Crippen LogP contribution is -2.59. The minimum atomic E-state index is -0.517. The molecule has 2 N–H and O–H groups in total. The highest BCUT2D eigenvalue weighted by atomic mass is 16.4. The minimum absolute atomic E-state index is 0.345. The summed E-state index contributed by atoms with van der Waals surface area (Å²) in [6.07, 6.45) is 7.95. The Kier molecular flexibility index (Phi) is 2.29. The topological polar surface area (TPSA) is 49.3 Å². The van der Waals surface area contributed by atoms with Gasteiger partial charge >= 0.3 is 5.97 Å². The first-order valence-electron chi connectivity index (χ1n) is 6.61. The molecule has 1 aliphatic heterocycles. The van der Waals surface area contributed by atoms with Gasteiger partial charge in [0, 0.05) is 0 Å². The molecule has 16 heavy (non-hydrogen) atoms. The fourth-order valence-corrected chi connectivity index (χ4v) is 4.31. The third-order valence-corrected chi connectivity index (χ3v) is 5.34. The van der Waals surface area contributed by atoms with Gasteiger partial charge in [0.05, 0.1) is 5.41 Å². The van der Waals surface area contributed by atoms with Crippen molar-refractivity contribution in [2.45, 2.75) is 44.9 Å². The highest BCUT2D eigenvalue weighted by Gasteiger charge is 2.63. The van der Waals surface area contributed by atoms with Gasteiger partial charge in [-0.3, -0.25) is 4.79 Å². The van der Waals surface area contributed by atoms with E-state index in [1.54, 1.807) is 0 Å². The van der Waals surface area contributed by atoms with Crippen molar-refractivity contribution in [3.63, 3.8) is 0 Å². The third-order valence-electron chi connectivity index (χ3n) is 5.34. The van der Waals surface area contributed by atoms with Crippen LogP contribution < -0.4 is 5.32 Å². The predicted molar refractivity (Wildman–Crippen MR) is 61.2 cm³/mol. The molecule has 3 fully saturated rings. The normalized spacial score (nSPS) is 31.8. The van der Waals surface area contributed by atoms with Crippen LogP contribution in [0.1, 0.15) is 44.9 Å². The van der Waals surface area contributed by atoms with E-state index in [0.29, 0.717) is 11.3 Å². The highest BCUT2D eigenvalue weighted by Crippen LogP contribution is 2.67. The number of aliphatic carboxylic acids is 1. The summed E-state index contributed by atoms with van der Waals surface area (Å²) in [5, 5.41) is 12.9. The van der Waals surface area contributed by atoms with Crippen molar-refractivity contribution in [1.82, 2.24) is 5.32 Å². The Morgan fingerprint density at radius 3 is 2.25 bits per heavy atom. The van der Waals surface area contributed by atoms with Crippen LogP contribution >= 0.6 is 0 Å². The zero-order chi connectivity index (χ0) is 11.2. The van der Waals surface area contributed by atoms with Gasteiger partial charge in [-0.2, -0.15) is 0 Å². The van der Waals surface area contributed by atoms with Crippen molar-refractivity contribution in [2.75, 3.05) is 13.1 Å². The van der Waals surface area contributed by atoms with E-state index in [0.717, 1.165) is 38.8 Å². The molecule has 1 heterocycles. The molecule has 0 amide bonds. The van der Waals surface area contributed by atoms with Crippen LogP contribution in [-0.2, 0) is 4.79 Å². The van der Waals surface area contributed by atoms with Crippen LogP contribution in [0.25, 0.3) is 0 Å². The van der Waals surface area contributed by atoms with E-state index in [2.05, 4.69) is 5.32 Å². The van der Waals surface area contributed by atoms with Gasteiger partial charge in [0.1, 0.15) is 0 Å². The molecule has 90 valence electrons. The molecule has 0 bridgehead atoms. The van der Waals surface area contributed by atoms with Crippen molar-refractivity contribution in [2.24, 2.45) is 16.7 Å². The smallest absolute Gasteiger partial charge is 0.309 e. The average Bonchev–Trinajstić information content (AvgIpc) is 2.15. The molecule has 1 spiro atoms. The van der Waals surface area contributed by atoms with Crippen LogP contribution in [0.5, 0.6) is 0 Å². The van der Waals surface area contributed by atoms with Gasteiger partial charge in [0.2, 0.25) is 0 Å². The number of piperidine rings is 1. The molecule has 3 nitrogen and oxygen atoms in total. The average molecular weight is 223 g/mol. The first-order chi connectivity index (χ1) is 7.67. The summed E-state index contributed by atoms with van der Waals surface area (Å²) in [5.74, 6) is -0.0885. The van der Waals surface area contributed by atoms with Crippen LogP contribution in [0.4, 0.5) is 0 Å². The van der Waals surface area contributed by atoms with Gasteiger partial charge < -0.3 is 10.4 Å². The summed E-state index contributed by atoms with van der Waals surface area (Å²) < 4.78 is 0. The van der Waals surface area contributed by atoms with E-state index in [9.17, 15) is 9.90 Å². The van der Waals surface area contributed by atoms with Gasteiger partial charge in [0.15, 0.2) is 0 Å². The summed E-state index contributed by atoms with van der Waals surface area (Å²) in [4.78, 5) is 11.6. The summed E-state index contributed by atoms with van der Waals surface area (Å²) in [6, 6.07) is 0. The first kappa shape index (κ1) is 10.6. The molecular weight excluding hydrogens is 202 g/mol. The molecule has 3 rings (SSSR count). The highest BCUT2D eigenvalue weighted by molar-refractivity contribution is 5.77. The molecule has 0 unspecified atom stereocenters. The number of nitrogens with one attached hydrogen (secondary N) is 1. The van der Waals surface area contributed by atoms with Crippen molar-refractivity contribution in [3.05, 3.63) is 0 Å². The Morgan fingerprint density at radius 2 is 1.81 bits per heavy atom. The maximum atomic E-state index is 11.6. The van der Waals surface area contributed by atoms with E-state index >= 15 is 0 Å². The van der Waals surface area contributed by atoms with Gasteiger partial charge in [-0.15, -0.1) is 0 Å². The van der Waals surface area contributed by atoms with Crippen molar-refractivity contribution in [1.29, 1.82) is 0 Å². The summed E-state index contributed by atoms with van der Waals surface area (Å²) in [6.45, 7) is 2.01. The van der Waals surface area contributed by atoms with Crippen LogP contribution in [0.2, 0.25) is 0 Å². The second kappa shape index (κ2) is 3.46. The van der Waals surface area contributed by atoms with E-state index in [1.165, 1.54) is 19.3 Å². The fourth-order valence-electron chi connectivity index (χ4n) is 4.31. The molecule has 3 aliphatic rings. The predicted octanol–water partition coefficient (Wildman–Crippen LogP) is 2.02. The van der Waals surface area contributed by atoms with Gasteiger partial charge in [-0.25, -0.2) is 0 Å². The standard InChI is InChI=1S/C13H21NO2/c15-11(16)13(10-2-6-14-7-3-10)8-12(9-13)4-1-5-12/h10,14H,1-9H2,(H,15,16). The summed E-state index contributed by atoms with van der Waals surface area (Å²) in [7, 11) is 0. The molecule has 2 aliphatic carbocycles. The number of carbonyl (C=O) groups is 1. The van der Waals surface area contributed by atoms with E-state index < -0.39 is 5.97 Å². The molecule has 0 atom stereocenters.